The van der Waals surface area contributed by atoms with Crippen LogP contribution in [0.4, 0.5) is 0 Å². The molecule has 0 aromatic carbocycles. The van der Waals surface area contributed by atoms with Gasteiger partial charge in [0.1, 0.15) is 6.07 Å². The number of piperidine rings is 1. The van der Waals surface area contributed by atoms with E-state index in [0.29, 0.717) is 13.1 Å². The van der Waals surface area contributed by atoms with Crippen LogP contribution in [0.1, 0.15) is 13.3 Å². The van der Waals surface area contributed by atoms with Gasteiger partial charge in [-0.2, -0.15) is 5.26 Å². The van der Waals surface area contributed by atoms with E-state index in [0.717, 1.165) is 6.42 Å². The molecule has 96 valence electrons. The molecule has 1 amide bonds. The van der Waals surface area contributed by atoms with Gasteiger partial charge < -0.3 is 10.0 Å². The van der Waals surface area contributed by atoms with Crippen LogP contribution in [0, 0.1) is 29.1 Å². The van der Waals surface area contributed by atoms with E-state index in [4.69, 9.17) is 10.4 Å². The molecule has 0 radical (unpaired) electrons. The molecule has 0 aromatic rings. The van der Waals surface area contributed by atoms with Gasteiger partial charge in [0.25, 0.3) is 0 Å². The number of hydrogen-bond acceptors (Lipinski definition) is 4. The average molecular weight is 248 g/mol. The number of Topliss-reactive ketones (excluding diaryl/α,β-unsaturated/α-hetero) is 1. The smallest absolute Gasteiger partial charge is 0.229 e. The molecule has 1 aliphatic carbocycles. The van der Waals surface area contributed by atoms with Crippen LogP contribution in [0.5, 0.6) is 0 Å². The molecule has 0 spiro atoms. The van der Waals surface area contributed by atoms with E-state index >= 15 is 0 Å². The Labute approximate surface area is 106 Å². The number of likely N-dealkylation sites (tertiary alicyclic amines) is 1. The molecular formula is C13H16N2O3. The molecule has 5 heteroatoms. The summed E-state index contributed by atoms with van der Waals surface area (Å²) in [5.74, 6) is -0.880. The van der Waals surface area contributed by atoms with E-state index < -0.39 is 0 Å². The summed E-state index contributed by atoms with van der Waals surface area (Å²) in [6.45, 7) is 2.62. The standard InChI is InChI=1S/C13H16N2O3/c1-8-10-2-3-15(4-5-16)13(18)11(10)6-9(7-14)12(8)17/h6,8,10-11,16H,2-5H2,1H3. The van der Waals surface area contributed by atoms with Crippen molar-refractivity contribution in [2.75, 3.05) is 19.7 Å². The van der Waals surface area contributed by atoms with Gasteiger partial charge in [-0.15, -0.1) is 0 Å². The van der Waals surface area contributed by atoms with E-state index in [-0.39, 0.29) is 41.6 Å². The molecule has 5 nitrogen and oxygen atoms in total. The quantitative estimate of drug-likeness (QED) is 0.752. The van der Waals surface area contributed by atoms with Crippen LogP contribution < -0.4 is 0 Å². The zero-order chi connectivity index (χ0) is 13.3. The Morgan fingerprint density at radius 1 is 1.56 bits per heavy atom. The van der Waals surface area contributed by atoms with Crippen molar-refractivity contribution in [1.29, 1.82) is 5.26 Å². The number of β-amino-alcohol motifs (C(OH)–C–C–N with tert-alkyl or cyclic N) is 1. The number of allylic oxidation sites excluding steroid dienone is 1. The summed E-state index contributed by atoms with van der Waals surface area (Å²) in [6, 6.07) is 1.88. The first-order valence-electron chi connectivity index (χ1n) is 6.16. The fourth-order valence-corrected chi connectivity index (χ4v) is 2.88. The van der Waals surface area contributed by atoms with Crippen LogP contribution in [-0.2, 0) is 9.59 Å². The summed E-state index contributed by atoms with van der Waals surface area (Å²) in [7, 11) is 0. The second-order valence-electron chi connectivity index (χ2n) is 4.87. The van der Waals surface area contributed by atoms with E-state index in [1.807, 2.05) is 6.07 Å². The minimum atomic E-state index is -0.382. The fourth-order valence-electron chi connectivity index (χ4n) is 2.88. The maximum Gasteiger partial charge on any atom is 0.229 e. The van der Waals surface area contributed by atoms with Gasteiger partial charge in [-0.25, -0.2) is 0 Å². The van der Waals surface area contributed by atoms with Crippen LogP contribution in [-0.4, -0.2) is 41.4 Å². The van der Waals surface area contributed by atoms with Crippen molar-refractivity contribution in [1.82, 2.24) is 4.90 Å². The second kappa shape index (κ2) is 4.91. The lowest BCUT2D eigenvalue weighted by Crippen LogP contribution is -2.50. The highest BCUT2D eigenvalue weighted by Gasteiger charge is 2.43. The molecule has 3 unspecified atom stereocenters. The molecule has 1 aliphatic heterocycles. The molecular weight excluding hydrogens is 232 g/mol. The summed E-state index contributed by atoms with van der Waals surface area (Å²) >= 11 is 0. The predicted octanol–water partition coefficient (Wildman–Crippen LogP) is 0.112. The second-order valence-corrected chi connectivity index (χ2v) is 4.87. The van der Waals surface area contributed by atoms with Crippen LogP contribution in [0.25, 0.3) is 0 Å². The maximum atomic E-state index is 12.2. The lowest BCUT2D eigenvalue weighted by Gasteiger charge is -2.40. The third kappa shape index (κ3) is 1.93. The summed E-state index contributed by atoms with van der Waals surface area (Å²) < 4.78 is 0. The Bertz CT molecular complexity index is 450. The Kier molecular flexibility index (Phi) is 3.48. The first-order chi connectivity index (χ1) is 8.60. The number of carbonyl (C=O) groups excluding carboxylic acids is 2. The number of aliphatic hydroxyl groups is 1. The van der Waals surface area contributed by atoms with Crippen molar-refractivity contribution in [3.05, 3.63) is 11.6 Å². The molecule has 18 heavy (non-hydrogen) atoms. The predicted molar refractivity (Wildman–Crippen MR) is 63.1 cm³/mol. The molecule has 0 bridgehead atoms. The molecule has 1 fully saturated rings. The lowest BCUT2D eigenvalue weighted by atomic mass is 9.69. The molecule has 0 aromatic heterocycles. The molecule has 3 atom stereocenters. The Hall–Kier alpha value is -1.67. The fraction of sp³-hybridized carbons (Fsp3) is 0.615. The highest BCUT2D eigenvalue weighted by molar-refractivity contribution is 6.03. The van der Waals surface area contributed by atoms with Gasteiger partial charge >= 0.3 is 0 Å². The van der Waals surface area contributed by atoms with Crippen molar-refractivity contribution in [2.45, 2.75) is 13.3 Å². The zero-order valence-electron chi connectivity index (χ0n) is 10.3. The lowest BCUT2D eigenvalue weighted by molar-refractivity contribution is -0.142. The Balaban J connectivity index is 2.30. The number of nitrogens with zero attached hydrogens (tertiary/aromatic N) is 2. The van der Waals surface area contributed by atoms with Gasteiger partial charge in [-0.1, -0.05) is 13.0 Å². The SMILES string of the molecule is CC1C(=O)C(C#N)=CC2C(=O)N(CCO)CCC12. The van der Waals surface area contributed by atoms with E-state index in [2.05, 4.69) is 0 Å². The van der Waals surface area contributed by atoms with Gasteiger partial charge in [-0.05, 0) is 12.3 Å². The Morgan fingerprint density at radius 2 is 2.28 bits per heavy atom. The van der Waals surface area contributed by atoms with Gasteiger partial charge in [0, 0.05) is 19.0 Å². The van der Waals surface area contributed by atoms with Gasteiger partial charge in [0.05, 0.1) is 18.1 Å². The van der Waals surface area contributed by atoms with Crippen molar-refractivity contribution in [3.8, 4) is 6.07 Å². The summed E-state index contributed by atoms with van der Waals surface area (Å²) in [6.07, 6.45) is 2.26. The third-order valence-corrected chi connectivity index (χ3v) is 3.95. The third-order valence-electron chi connectivity index (χ3n) is 3.95. The average Bonchev–Trinajstić information content (AvgIpc) is 2.37. The minimum Gasteiger partial charge on any atom is -0.395 e. The van der Waals surface area contributed by atoms with Crippen molar-refractivity contribution in [3.63, 3.8) is 0 Å². The highest BCUT2D eigenvalue weighted by Crippen LogP contribution is 2.37. The first kappa shape index (κ1) is 12.8. The van der Waals surface area contributed by atoms with Crippen LogP contribution in [0.3, 0.4) is 0 Å². The number of amides is 1. The monoisotopic (exact) mass is 248 g/mol. The number of fused-ring (bicyclic) bond motifs is 1. The van der Waals surface area contributed by atoms with Crippen LogP contribution in [0.15, 0.2) is 11.6 Å². The van der Waals surface area contributed by atoms with Crippen molar-refractivity contribution < 1.29 is 14.7 Å². The van der Waals surface area contributed by atoms with Crippen molar-refractivity contribution in [2.24, 2.45) is 17.8 Å². The molecule has 0 saturated carbocycles. The largest absolute Gasteiger partial charge is 0.395 e. The first-order valence-corrected chi connectivity index (χ1v) is 6.16. The van der Waals surface area contributed by atoms with E-state index in [1.165, 1.54) is 6.08 Å². The molecule has 2 rings (SSSR count). The molecule has 1 N–H and O–H groups in total. The number of ketones is 1. The molecule has 1 heterocycles. The zero-order valence-corrected chi connectivity index (χ0v) is 10.3. The molecule has 2 aliphatic rings. The topological polar surface area (TPSA) is 81.4 Å². The Morgan fingerprint density at radius 3 is 2.89 bits per heavy atom. The summed E-state index contributed by atoms with van der Waals surface area (Å²) in [4.78, 5) is 25.7. The molecule has 1 saturated heterocycles. The number of aliphatic hydroxyl groups excluding tert-OH is 1. The van der Waals surface area contributed by atoms with Gasteiger partial charge in [0.15, 0.2) is 5.78 Å². The number of rotatable bonds is 2. The highest BCUT2D eigenvalue weighted by atomic mass is 16.3. The van der Waals surface area contributed by atoms with Gasteiger partial charge in [0.2, 0.25) is 5.91 Å². The van der Waals surface area contributed by atoms with E-state index in [9.17, 15) is 9.59 Å². The summed E-state index contributed by atoms with van der Waals surface area (Å²) in [5.41, 5.74) is 0.1000. The maximum absolute atomic E-state index is 12.2. The van der Waals surface area contributed by atoms with Crippen LogP contribution in [0.2, 0.25) is 0 Å². The van der Waals surface area contributed by atoms with Crippen molar-refractivity contribution >= 4 is 11.7 Å². The number of hydrogen-bond donors (Lipinski definition) is 1. The minimum absolute atomic E-state index is 0.00274. The van der Waals surface area contributed by atoms with E-state index in [1.54, 1.807) is 11.8 Å². The number of nitriles is 1. The number of carbonyl (C=O) groups is 2. The van der Waals surface area contributed by atoms with Crippen LogP contribution >= 0.6 is 0 Å². The van der Waals surface area contributed by atoms with Gasteiger partial charge in [-0.3, -0.25) is 9.59 Å². The normalized spacial score (nSPS) is 31.7. The summed E-state index contributed by atoms with van der Waals surface area (Å²) in [5, 5.41) is 17.8.